The third-order valence-corrected chi connectivity index (χ3v) is 18.4. The molecule has 0 saturated heterocycles. The third kappa shape index (κ3) is 64.8. The van der Waals surface area contributed by atoms with Gasteiger partial charge in [0.05, 0.1) is 26.4 Å². The number of ether oxygens (including phenoxy) is 4. The summed E-state index contributed by atoms with van der Waals surface area (Å²) in [5.41, 5.74) is 0. The van der Waals surface area contributed by atoms with Crippen molar-refractivity contribution in [3.05, 3.63) is 0 Å². The van der Waals surface area contributed by atoms with Gasteiger partial charge in [0.2, 0.25) is 0 Å². The van der Waals surface area contributed by atoms with Crippen molar-refractivity contribution in [1.82, 2.24) is 0 Å². The van der Waals surface area contributed by atoms with Crippen molar-refractivity contribution in [3.8, 4) is 0 Å². The standard InChI is InChI=1S/C71H138O17P2/c1-7-9-11-13-33-41-47-53-68(73)81-59-66(87-70(75)55-49-43-34-14-12-10-8-2)61-85-89(77,78)83-57-65(72)58-84-90(79,80)86-62-67(88-71(76)56-50-44-38-32-28-24-20-16-18-22-26-30-36-40-46-52-64(5)6)60-82-69(74)54-48-42-37-31-27-23-19-15-17-21-25-29-35-39-45-51-63(3)4/h63-67,72H,7-62H2,1-6H3,(H,77,78)(H,79,80)/t65-,66+,67+/m0/s1. The Morgan fingerprint density at radius 3 is 0.756 bits per heavy atom. The zero-order chi connectivity index (χ0) is 66.5. The summed E-state index contributed by atoms with van der Waals surface area (Å²) in [5, 5.41) is 10.6. The largest absolute Gasteiger partial charge is 0.472 e. The van der Waals surface area contributed by atoms with Crippen LogP contribution in [0.3, 0.4) is 0 Å². The molecule has 19 heteroatoms. The van der Waals surface area contributed by atoms with Crippen LogP contribution in [-0.4, -0.2) is 96.7 Å². The molecule has 0 rings (SSSR count). The summed E-state index contributed by atoms with van der Waals surface area (Å²) in [7, 11) is -9.89. The van der Waals surface area contributed by atoms with E-state index >= 15 is 0 Å². The maximum Gasteiger partial charge on any atom is 0.472 e. The van der Waals surface area contributed by atoms with Crippen LogP contribution >= 0.6 is 15.6 Å². The first-order chi connectivity index (χ1) is 43.4. The van der Waals surface area contributed by atoms with Gasteiger partial charge in [-0.05, 0) is 37.5 Å². The molecular formula is C71H138O17P2. The second-order valence-electron chi connectivity index (χ2n) is 26.6. The van der Waals surface area contributed by atoms with Gasteiger partial charge < -0.3 is 33.8 Å². The number of hydrogen-bond donors (Lipinski definition) is 3. The number of esters is 4. The Balaban J connectivity index is 5.13. The highest BCUT2D eigenvalue weighted by Gasteiger charge is 2.30. The Labute approximate surface area is 549 Å². The van der Waals surface area contributed by atoms with Gasteiger partial charge >= 0.3 is 39.5 Å². The highest BCUT2D eigenvalue weighted by Crippen LogP contribution is 2.45. The molecule has 2 unspecified atom stereocenters. The summed E-state index contributed by atoms with van der Waals surface area (Å²) < 4.78 is 68.1. The quantitative estimate of drug-likeness (QED) is 0.0222. The first-order valence-corrected chi connectivity index (χ1v) is 40.0. The summed E-state index contributed by atoms with van der Waals surface area (Å²) in [5.74, 6) is -0.523. The van der Waals surface area contributed by atoms with Crippen LogP contribution in [0.15, 0.2) is 0 Å². The lowest BCUT2D eigenvalue weighted by Gasteiger charge is -2.21. The average Bonchev–Trinajstić information content (AvgIpc) is 2.80. The number of phosphoric ester groups is 2. The third-order valence-electron chi connectivity index (χ3n) is 16.5. The van der Waals surface area contributed by atoms with Crippen molar-refractivity contribution in [2.24, 2.45) is 11.8 Å². The van der Waals surface area contributed by atoms with Crippen LogP contribution < -0.4 is 0 Å². The molecule has 0 spiro atoms. The van der Waals surface area contributed by atoms with E-state index in [1.807, 2.05) is 0 Å². The summed E-state index contributed by atoms with van der Waals surface area (Å²) in [4.78, 5) is 72.3. The Morgan fingerprint density at radius 2 is 0.511 bits per heavy atom. The summed E-state index contributed by atoms with van der Waals surface area (Å²) in [6, 6.07) is 0. The topological polar surface area (TPSA) is 237 Å². The van der Waals surface area contributed by atoms with Crippen molar-refractivity contribution in [1.29, 1.82) is 0 Å². The van der Waals surface area contributed by atoms with Crippen molar-refractivity contribution >= 4 is 39.5 Å². The molecular weight excluding hydrogens is 1190 g/mol. The lowest BCUT2D eigenvalue weighted by Crippen LogP contribution is -2.30. The van der Waals surface area contributed by atoms with Crippen LogP contribution in [0.4, 0.5) is 0 Å². The molecule has 0 saturated carbocycles. The number of hydrogen-bond acceptors (Lipinski definition) is 15. The number of rotatable bonds is 70. The summed E-state index contributed by atoms with van der Waals surface area (Å²) in [6.45, 7) is 9.52. The Morgan fingerprint density at radius 1 is 0.300 bits per heavy atom. The van der Waals surface area contributed by atoms with Gasteiger partial charge in [0.25, 0.3) is 0 Å². The zero-order valence-electron chi connectivity index (χ0n) is 58.4. The molecule has 0 aliphatic carbocycles. The van der Waals surface area contributed by atoms with E-state index in [-0.39, 0.29) is 25.7 Å². The maximum atomic E-state index is 13.0. The zero-order valence-corrected chi connectivity index (χ0v) is 60.2. The van der Waals surface area contributed by atoms with Gasteiger partial charge in [-0.2, -0.15) is 0 Å². The van der Waals surface area contributed by atoms with E-state index in [9.17, 15) is 43.2 Å². The SMILES string of the molecule is CCCCCCCCCC(=O)OC[C@H](COP(=O)(O)OC[C@H](O)COP(=O)(O)OC[C@@H](COC(=O)CCCCCCCCCCCCCCCCCC(C)C)OC(=O)CCCCCCCCCCCCCCCCCC(C)C)OC(=O)CCCCCCCCC. The van der Waals surface area contributed by atoms with E-state index in [0.29, 0.717) is 25.7 Å². The van der Waals surface area contributed by atoms with Crippen LogP contribution in [0.5, 0.6) is 0 Å². The van der Waals surface area contributed by atoms with E-state index in [2.05, 4.69) is 41.5 Å². The van der Waals surface area contributed by atoms with Gasteiger partial charge in [-0.1, -0.05) is 311 Å². The van der Waals surface area contributed by atoms with Crippen LogP contribution in [0.25, 0.3) is 0 Å². The molecule has 0 aliphatic rings. The lowest BCUT2D eigenvalue weighted by molar-refractivity contribution is -0.161. The molecule has 0 aromatic rings. The minimum atomic E-state index is -4.95. The van der Waals surface area contributed by atoms with Crippen LogP contribution in [0, 0.1) is 11.8 Å². The molecule has 0 bridgehead atoms. The Kier molecular flexibility index (Phi) is 61.8. The number of carbonyl (C=O) groups excluding carboxylic acids is 4. The van der Waals surface area contributed by atoms with E-state index in [1.54, 1.807) is 0 Å². The molecule has 3 N–H and O–H groups in total. The molecule has 0 aliphatic heterocycles. The first kappa shape index (κ1) is 88.1. The molecule has 5 atom stereocenters. The van der Waals surface area contributed by atoms with E-state index in [1.165, 1.54) is 154 Å². The minimum Gasteiger partial charge on any atom is -0.462 e. The molecule has 0 amide bonds. The van der Waals surface area contributed by atoms with E-state index < -0.39 is 97.5 Å². The molecule has 0 radical (unpaired) electrons. The fourth-order valence-electron chi connectivity index (χ4n) is 10.8. The highest BCUT2D eigenvalue weighted by atomic mass is 31.2. The molecule has 17 nitrogen and oxygen atoms in total. The maximum absolute atomic E-state index is 13.0. The summed E-state index contributed by atoms with van der Waals surface area (Å²) >= 11 is 0. The highest BCUT2D eigenvalue weighted by molar-refractivity contribution is 7.47. The van der Waals surface area contributed by atoms with Crippen LogP contribution in [0.1, 0.15) is 363 Å². The Hall–Kier alpha value is -1.94. The van der Waals surface area contributed by atoms with Gasteiger partial charge in [-0.25, -0.2) is 9.13 Å². The van der Waals surface area contributed by atoms with Crippen molar-refractivity contribution in [3.63, 3.8) is 0 Å². The van der Waals surface area contributed by atoms with Gasteiger partial charge in [-0.3, -0.25) is 37.3 Å². The van der Waals surface area contributed by atoms with Crippen LogP contribution in [0.2, 0.25) is 0 Å². The van der Waals surface area contributed by atoms with E-state index in [0.717, 1.165) is 127 Å². The minimum absolute atomic E-state index is 0.103. The monoisotopic (exact) mass is 1320 g/mol. The first-order valence-electron chi connectivity index (χ1n) is 37.0. The predicted molar refractivity (Wildman–Crippen MR) is 363 cm³/mol. The number of aliphatic hydroxyl groups is 1. The Bertz CT molecular complexity index is 1750. The van der Waals surface area contributed by atoms with Crippen molar-refractivity contribution in [2.75, 3.05) is 39.6 Å². The lowest BCUT2D eigenvalue weighted by atomic mass is 10.0. The number of unbranched alkanes of at least 4 members (excludes halogenated alkanes) is 40. The average molecular weight is 1330 g/mol. The number of carbonyl (C=O) groups is 4. The fraction of sp³-hybridized carbons (Fsp3) is 0.944. The van der Waals surface area contributed by atoms with Gasteiger partial charge in [0.1, 0.15) is 19.3 Å². The fourth-order valence-corrected chi connectivity index (χ4v) is 12.3. The number of aliphatic hydroxyl groups excluding tert-OH is 1. The number of phosphoric acid groups is 2. The predicted octanol–water partition coefficient (Wildman–Crippen LogP) is 20.4. The molecule has 0 heterocycles. The second-order valence-corrected chi connectivity index (χ2v) is 29.5. The molecule has 0 fully saturated rings. The van der Waals surface area contributed by atoms with Crippen molar-refractivity contribution < 1.29 is 80.2 Å². The van der Waals surface area contributed by atoms with Crippen molar-refractivity contribution in [2.45, 2.75) is 381 Å². The molecule has 90 heavy (non-hydrogen) atoms. The molecule has 0 aromatic heterocycles. The van der Waals surface area contributed by atoms with Gasteiger partial charge in [-0.15, -0.1) is 0 Å². The van der Waals surface area contributed by atoms with Crippen LogP contribution in [-0.2, 0) is 65.4 Å². The second kappa shape index (κ2) is 63.1. The smallest absolute Gasteiger partial charge is 0.462 e. The van der Waals surface area contributed by atoms with Gasteiger partial charge in [0, 0.05) is 25.7 Å². The molecule has 0 aromatic carbocycles. The summed E-state index contributed by atoms with van der Waals surface area (Å²) in [6.07, 6.45) is 48.9. The molecule has 534 valence electrons. The van der Waals surface area contributed by atoms with E-state index in [4.69, 9.17) is 37.0 Å². The van der Waals surface area contributed by atoms with Gasteiger partial charge in [0.15, 0.2) is 12.2 Å². The normalized spacial score (nSPS) is 14.1.